The third kappa shape index (κ3) is 6.14. The second-order valence-corrected chi connectivity index (χ2v) is 5.12. The minimum Gasteiger partial charge on any atom is -0.444 e. The van der Waals surface area contributed by atoms with Crippen molar-refractivity contribution in [3.8, 4) is 0 Å². The van der Waals surface area contributed by atoms with Gasteiger partial charge in [0, 0.05) is 7.05 Å². The van der Waals surface area contributed by atoms with E-state index in [1.54, 1.807) is 27.8 Å². The molecule has 0 bridgehead atoms. The summed E-state index contributed by atoms with van der Waals surface area (Å²) in [4.78, 5) is 23.2. The van der Waals surface area contributed by atoms with Crippen LogP contribution in [0.5, 0.6) is 0 Å². The summed E-state index contributed by atoms with van der Waals surface area (Å²) in [7, 11) is 1.55. The van der Waals surface area contributed by atoms with Gasteiger partial charge in [0.15, 0.2) is 0 Å². The van der Waals surface area contributed by atoms with E-state index in [-0.39, 0.29) is 11.8 Å². The van der Waals surface area contributed by atoms with Crippen molar-refractivity contribution in [2.75, 3.05) is 7.05 Å². The molecule has 5 heteroatoms. The van der Waals surface area contributed by atoms with Crippen LogP contribution in [0.2, 0.25) is 0 Å². The van der Waals surface area contributed by atoms with Crippen LogP contribution in [0.3, 0.4) is 0 Å². The maximum atomic E-state index is 11.6. The van der Waals surface area contributed by atoms with Crippen molar-refractivity contribution in [3.63, 3.8) is 0 Å². The molecule has 0 aromatic rings. The second-order valence-electron chi connectivity index (χ2n) is 5.12. The molecule has 0 saturated carbocycles. The van der Waals surface area contributed by atoms with Crippen molar-refractivity contribution >= 4 is 12.0 Å². The van der Waals surface area contributed by atoms with Crippen molar-refractivity contribution in [3.05, 3.63) is 0 Å². The molecule has 100 valence electrons. The highest BCUT2D eigenvalue weighted by Crippen LogP contribution is 2.11. The smallest absolute Gasteiger partial charge is 0.408 e. The Morgan fingerprint density at radius 2 is 1.82 bits per heavy atom. The van der Waals surface area contributed by atoms with Crippen molar-refractivity contribution in [1.82, 2.24) is 10.6 Å². The van der Waals surface area contributed by atoms with Crippen LogP contribution in [0.15, 0.2) is 0 Å². The van der Waals surface area contributed by atoms with E-state index in [4.69, 9.17) is 4.74 Å². The fraction of sp³-hybridized carbons (Fsp3) is 0.833. The van der Waals surface area contributed by atoms with Gasteiger partial charge in [0.2, 0.25) is 5.91 Å². The summed E-state index contributed by atoms with van der Waals surface area (Å²) in [5.74, 6) is -0.146. The molecule has 0 fully saturated rings. The maximum absolute atomic E-state index is 11.6. The summed E-state index contributed by atoms with van der Waals surface area (Å²) >= 11 is 0. The molecule has 0 aliphatic carbocycles. The molecule has 0 aromatic heterocycles. The van der Waals surface area contributed by atoms with Crippen molar-refractivity contribution in [2.24, 2.45) is 5.92 Å². The summed E-state index contributed by atoms with van der Waals surface area (Å²) in [6.07, 6.45) is 0.236. The largest absolute Gasteiger partial charge is 0.444 e. The zero-order valence-electron chi connectivity index (χ0n) is 11.6. The zero-order chi connectivity index (χ0) is 13.6. The normalized spacial score (nSPS) is 14.7. The van der Waals surface area contributed by atoms with Gasteiger partial charge in [0.1, 0.15) is 11.6 Å². The highest BCUT2D eigenvalue weighted by molar-refractivity contribution is 5.85. The number of rotatable bonds is 4. The molecule has 0 saturated heterocycles. The summed E-state index contributed by atoms with van der Waals surface area (Å²) in [5, 5.41) is 5.14. The quantitative estimate of drug-likeness (QED) is 0.790. The van der Waals surface area contributed by atoms with Crippen molar-refractivity contribution < 1.29 is 14.3 Å². The first-order valence-corrected chi connectivity index (χ1v) is 5.92. The van der Waals surface area contributed by atoms with E-state index in [1.807, 2.05) is 13.8 Å². The second kappa shape index (κ2) is 6.47. The van der Waals surface area contributed by atoms with E-state index in [1.165, 1.54) is 0 Å². The number of hydrogen-bond donors (Lipinski definition) is 2. The van der Waals surface area contributed by atoms with E-state index < -0.39 is 17.7 Å². The number of alkyl carbamates (subject to hydrolysis) is 1. The molecule has 2 N–H and O–H groups in total. The lowest BCUT2D eigenvalue weighted by molar-refractivity contribution is -0.123. The molecule has 0 rings (SSSR count). The van der Waals surface area contributed by atoms with Gasteiger partial charge in [0.05, 0.1) is 0 Å². The van der Waals surface area contributed by atoms with Crippen LogP contribution in [0.1, 0.15) is 41.0 Å². The summed E-state index contributed by atoms with van der Waals surface area (Å²) in [6, 6.07) is -0.556. The van der Waals surface area contributed by atoms with Crippen LogP contribution in [0.4, 0.5) is 4.79 Å². The fourth-order valence-corrected chi connectivity index (χ4v) is 1.29. The van der Waals surface area contributed by atoms with Crippen LogP contribution >= 0.6 is 0 Å². The van der Waals surface area contributed by atoms with Gasteiger partial charge in [-0.1, -0.05) is 20.3 Å². The summed E-state index contributed by atoms with van der Waals surface area (Å²) in [5.41, 5.74) is -0.563. The summed E-state index contributed by atoms with van der Waals surface area (Å²) in [6.45, 7) is 9.23. The van der Waals surface area contributed by atoms with Gasteiger partial charge in [-0.25, -0.2) is 4.79 Å². The van der Waals surface area contributed by atoms with Crippen LogP contribution in [-0.4, -0.2) is 30.7 Å². The van der Waals surface area contributed by atoms with E-state index >= 15 is 0 Å². The highest BCUT2D eigenvalue weighted by Gasteiger charge is 2.27. The average Bonchev–Trinajstić information content (AvgIpc) is 2.21. The summed E-state index contributed by atoms with van der Waals surface area (Å²) < 4.78 is 5.13. The maximum Gasteiger partial charge on any atom is 0.408 e. The van der Waals surface area contributed by atoms with Crippen LogP contribution in [0.25, 0.3) is 0 Å². The van der Waals surface area contributed by atoms with E-state index in [2.05, 4.69) is 10.6 Å². The van der Waals surface area contributed by atoms with Gasteiger partial charge in [0.25, 0.3) is 0 Å². The highest BCUT2D eigenvalue weighted by atomic mass is 16.6. The third-order valence-electron chi connectivity index (χ3n) is 2.41. The van der Waals surface area contributed by atoms with E-state index in [0.717, 1.165) is 6.42 Å². The van der Waals surface area contributed by atoms with Gasteiger partial charge in [-0.15, -0.1) is 0 Å². The predicted octanol–water partition coefficient (Wildman–Crippen LogP) is 1.67. The fourth-order valence-electron chi connectivity index (χ4n) is 1.29. The monoisotopic (exact) mass is 244 g/mol. The SMILES string of the molecule is CC[C@@H](C)[C@H](NC(=O)OC(C)(C)C)C(=O)NC. The first-order chi connectivity index (χ1) is 7.71. The van der Waals surface area contributed by atoms with Gasteiger partial charge in [-0.3, -0.25) is 4.79 Å². The lowest BCUT2D eigenvalue weighted by Gasteiger charge is -2.25. The van der Waals surface area contributed by atoms with Gasteiger partial charge < -0.3 is 15.4 Å². The Bertz CT molecular complexity index is 271. The van der Waals surface area contributed by atoms with Crippen LogP contribution < -0.4 is 10.6 Å². The number of carbonyl (C=O) groups is 2. The van der Waals surface area contributed by atoms with Crippen molar-refractivity contribution in [1.29, 1.82) is 0 Å². The Morgan fingerprint density at radius 1 is 1.29 bits per heavy atom. The number of amides is 2. The standard InChI is InChI=1S/C12H24N2O3/c1-7-8(2)9(10(15)13-6)14-11(16)17-12(3,4)5/h8-9H,7H2,1-6H3,(H,13,15)(H,14,16)/t8-,9+/m1/s1. The Labute approximate surface area is 103 Å². The van der Waals surface area contributed by atoms with Crippen LogP contribution in [0, 0.1) is 5.92 Å². The topological polar surface area (TPSA) is 67.4 Å². The van der Waals surface area contributed by atoms with Gasteiger partial charge in [-0.2, -0.15) is 0 Å². The third-order valence-corrected chi connectivity index (χ3v) is 2.41. The Balaban J connectivity index is 4.54. The lowest BCUT2D eigenvalue weighted by atomic mass is 9.98. The molecule has 0 heterocycles. The molecule has 2 amide bonds. The molecule has 0 radical (unpaired) electrons. The van der Waals surface area contributed by atoms with Gasteiger partial charge in [-0.05, 0) is 26.7 Å². The van der Waals surface area contributed by atoms with Crippen LogP contribution in [-0.2, 0) is 9.53 Å². The number of carbonyl (C=O) groups excluding carboxylic acids is 2. The molecular formula is C12H24N2O3. The number of likely N-dealkylation sites (N-methyl/N-ethyl adjacent to an activating group) is 1. The van der Waals surface area contributed by atoms with E-state index in [9.17, 15) is 9.59 Å². The Morgan fingerprint density at radius 3 is 2.18 bits per heavy atom. The first kappa shape index (κ1) is 15.7. The average molecular weight is 244 g/mol. The Kier molecular flexibility index (Phi) is 5.99. The molecule has 0 aliphatic rings. The van der Waals surface area contributed by atoms with E-state index in [0.29, 0.717) is 0 Å². The Hall–Kier alpha value is -1.26. The number of hydrogen-bond acceptors (Lipinski definition) is 3. The molecular weight excluding hydrogens is 220 g/mol. The van der Waals surface area contributed by atoms with Crippen molar-refractivity contribution in [2.45, 2.75) is 52.7 Å². The molecule has 2 atom stereocenters. The van der Waals surface area contributed by atoms with Gasteiger partial charge >= 0.3 is 6.09 Å². The molecule has 17 heavy (non-hydrogen) atoms. The molecule has 5 nitrogen and oxygen atoms in total. The number of ether oxygens (including phenoxy) is 1. The number of nitrogens with one attached hydrogen (secondary N) is 2. The molecule has 0 spiro atoms. The predicted molar refractivity (Wildman–Crippen MR) is 66.7 cm³/mol. The first-order valence-electron chi connectivity index (χ1n) is 5.92. The zero-order valence-corrected chi connectivity index (χ0v) is 11.6. The molecule has 0 aliphatic heterocycles. The minimum atomic E-state index is -0.564. The minimum absolute atomic E-state index is 0.0578. The molecule has 0 unspecified atom stereocenters. The molecule has 0 aromatic carbocycles. The lowest BCUT2D eigenvalue weighted by Crippen LogP contribution is -2.50.